The third-order valence-corrected chi connectivity index (χ3v) is 6.85. The van der Waals surface area contributed by atoms with Crippen LogP contribution in [0.2, 0.25) is 0 Å². The van der Waals surface area contributed by atoms with Crippen LogP contribution in [0.25, 0.3) is 0 Å². The molecular weight excluding hydrogens is 333 g/mol. The van der Waals surface area contributed by atoms with Crippen molar-refractivity contribution in [2.75, 3.05) is 6.26 Å². The van der Waals surface area contributed by atoms with E-state index in [1.807, 2.05) is 91.2 Å². The largest absolute Gasteiger partial charge is 0.307 e. The van der Waals surface area contributed by atoms with Crippen LogP contribution in [-0.4, -0.2) is 12.2 Å². The molecule has 0 amide bonds. The van der Waals surface area contributed by atoms with Crippen molar-refractivity contribution in [2.24, 2.45) is 4.99 Å². The van der Waals surface area contributed by atoms with Gasteiger partial charge < -0.3 is 4.57 Å². The van der Waals surface area contributed by atoms with Crippen LogP contribution in [-0.2, 0) is 4.57 Å². The third-order valence-electron chi connectivity index (χ3n) is 3.64. The lowest BCUT2D eigenvalue weighted by Gasteiger charge is -2.14. The molecule has 0 saturated heterocycles. The van der Waals surface area contributed by atoms with E-state index >= 15 is 0 Å². The predicted octanol–water partition coefficient (Wildman–Crippen LogP) is 4.96. The topological polar surface area (TPSA) is 29.4 Å². The van der Waals surface area contributed by atoms with Crippen LogP contribution in [0.4, 0.5) is 5.69 Å². The number of benzene rings is 3. The summed E-state index contributed by atoms with van der Waals surface area (Å²) in [6.07, 6.45) is 2.00. The van der Waals surface area contributed by atoms with E-state index in [2.05, 4.69) is 10.9 Å². The molecule has 2 nitrogen and oxygen atoms in total. The number of aliphatic imine (C=N–C) groups is 1. The molecule has 0 fully saturated rings. The maximum Gasteiger partial charge on any atom is 0.190 e. The molecule has 0 bridgehead atoms. The molecule has 119 valence electrons. The van der Waals surface area contributed by atoms with Gasteiger partial charge in [0.25, 0.3) is 0 Å². The van der Waals surface area contributed by atoms with E-state index in [9.17, 15) is 4.57 Å². The molecule has 1 radical (unpaired) electrons. The van der Waals surface area contributed by atoms with Gasteiger partial charge in [-0.05, 0) is 18.4 Å². The number of thioether (sulfide) groups is 1. The standard InChI is InChI=1S/C20H17NOPS/c1-24-20-15-9-8-14-19(20)21-16-23(22,17-10-4-2-5-11-17)18-12-6-3-7-13-18/h2-15H,1H3. The molecule has 0 atom stereocenters. The fraction of sp³-hybridized carbons (Fsp3) is 0.0500. The van der Waals surface area contributed by atoms with Crippen molar-refractivity contribution in [1.29, 1.82) is 0 Å². The summed E-state index contributed by atoms with van der Waals surface area (Å²) in [6, 6.07) is 26.7. The van der Waals surface area contributed by atoms with Crippen LogP contribution in [0, 0.1) is 0 Å². The molecule has 0 spiro atoms. The average Bonchev–Trinajstić information content (AvgIpc) is 2.67. The third kappa shape index (κ3) is 3.53. The quantitative estimate of drug-likeness (QED) is 0.370. The molecule has 4 heteroatoms. The number of para-hydroxylation sites is 1. The number of hydrogen-bond acceptors (Lipinski definition) is 3. The van der Waals surface area contributed by atoms with Crippen LogP contribution in [0.1, 0.15) is 0 Å². The van der Waals surface area contributed by atoms with Gasteiger partial charge in [0, 0.05) is 15.5 Å². The summed E-state index contributed by atoms with van der Waals surface area (Å²) in [7, 11) is -3.05. The van der Waals surface area contributed by atoms with Crippen LogP contribution in [0.15, 0.2) is 94.8 Å². The van der Waals surface area contributed by atoms with Gasteiger partial charge in [0.15, 0.2) is 7.14 Å². The van der Waals surface area contributed by atoms with Crippen molar-refractivity contribution in [3.05, 3.63) is 84.9 Å². The second-order valence-corrected chi connectivity index (χ2v) is 8.46. The van der Waals surface area contributed by atoms with Gasteiger partial charge in [-0.15, -0.1) is 11.8 Å². The summed E-state index contributed by atoms with van der Waals surface area (Å²) in [5, 5.41) is 1.48. The first kappa shape index (κ1) is 16.8. The molecule has 24 heavy (non-hydrogen) atoms. The molecular formula is C20H17NOPS. The molecule has 0 heterocycles. The second-order valence-electron chi connectivity index (χ2n) is 5.16. The van der Waals surface area contributed by atoms with Crippen molar-refractivity contribution in [2.45, 2.75) is 4.90 Å². The Labute approximate surface area is 147 Å². The maximum absolute atomic E-state index is 13.8. The van der Waals surface area contributed by atoms with Gasteiger partial charge in [-0.25, -0.2) is 4.99 Å². The van der Waals surface area contributed by atoms with Crippen LogP contribution >= 0.6 is 18.9 Å². The van der Waals surface area contributed by atoms with Gasteiger partial charge in [-0.1, -0.05) is 72.8 Å². The average molecular weight is 350 g/mol. The zero-order chi connectivity index (χ0) is 16.8. The highest BCUT2D eigenvalue weighted by atomic mass is 32.2. The van der Waals surface area contributed by atoms with E-state index in [-0.39, 0.29) is 0 Å². The minimum Gasteiger partial charge on any atom is -0.307 e. The molecule has 0 unspecified atom stereocenters. The molecule has 0 saturated carbocycles. The van der Waals surface area contributed by atoms with Crippen LogP contribution in [0.5, 0.6) is 0 Å². The first-order valence-electron chi connectivity index (χ1n) is 7.56. The Bertz CT molecular complexity index is 835. The lowest BCUT2D eigenvalue weighted by Crippen LogP contribution is -2.16. The maximum atomic E-state index is 13.8. The van der Waals surface area contributed by atoms with E-state index in [0.29, 0.717) is 0 Å². The Kier molecular flexibility index (Phi) is 5.34. The van der Waals surface area contributed by atoms with E-state index in [1.54, 1.807) is 11.8 Å². The van der Waals surface area contributed by atoms with Crippen molar-refractivity contribution in [3.63, 3.8) is 0 Å². The summed E-state index contributed by atoms with van der Waals surface area (Å²) in [6.45, 7) is 0. The van der Waals surface area contributed by atoms with E-state index in [1.165, 1.54) is 0 Å². The zero-order valence-electron chi connectivity index (χ0n) is 13.3. The number of rotatable bonds is 5. The molecule has 3 rings (SSSR count). The van der Waals surface area contributed by atoms with Crippen molar-refractivity contribution in [3.8, 4) is 0 Å². The molecule has 0 aliphatic heterocycles. The van der Waals surface area contributed by atoms with Gasteiger partial charge in [0.2, 0.25) is 0 Å². The first-order valence-corrected chi connectivity index (χ1v) is 10.5. The van der Waals surface area contributed by atoms with Gasteiger partial charge in [-0.2, -0.15) is 0 Å². The molecule has 0 N–H and O–H groups in total. The summed E-state index contributed by atoms with van der Waals surface area (Å²) < 4.78 is 13.8. The Morgan fingerprint density at radius 3 is 1.83 bits per heavy atom. The van der Waals surface area contributed by atoms with Gasteiger partial charge in [0.05, 0.1) is 5.69 Å². The zero-order valence-corrected chi connectivity index (χ0v) is 15.0. The lowest BCUT2D eigenvalue weighted by molar-refractivity contribution is 0.594. The molecule has 0 aliphatic rings. The fourth-order valence-corrected chi connectivity index (χ4v) is 4.89. The summed E-state index contributed by atoms with van der Waals surface area (Å²) in [5.74, 6) is 2.99. The Morgan fingerprint density at radius 1 is 0.792 bits per heavy atom. The minimum atomic E-state index is -3.05. The van der Waals surface area contributed by atoms with Crippen LogP contribution in [0.3, 0.4) is 0 Å². The van der Waals surface area contributed by atoms with E-state index in [0.717, 1.165) is 21.2 Å². The second kappa shape index (κ2) is 7.65. The normalized spacial score (nSPS) is 11.7. The molecule has 0 aromatic heterocycles. The van der Waals surface area contributed by atoms with Crippen molar-refractivity contribution >= 4 is 41.2 Å². The monoisotopic (exact) mass is 350 g/mol. The fourth-order valence-electron chi connectivity index (χ4n) is 2.39. The lowest BCUT2D eigenvalue weighted by atomic mass is 10.3. The van der Waals surface area contributed by atoms with E-state index in [4.69, 9.17) is 0 Å². The Morgan fingerprint density at radius 2 is 1.29 bits per heavy atom. The van der Waals surface area contributed by atoms with Crippen molar-refractivity contribution < 1.29 is 4.57 Å². The van der Waals surface area contributed by atoms with Crippen LogP contribution < -0.4 is 10.6 Å². The molecule has 3 aromatic carbocycles. The van der Waals surface area contributed by atoms with E-state index < -0.39 is 7.14 Å². The molecule has 0 aliphatic carbocycles. The highest BCUT2D eigenvalue weighted by molar-refractivity contribution is 7.98. The van der Waals surface area contributed by atoms with Gasteiger partial charge >= 0.3 is 0 Å². The van der Waals surface area contributed by atoms with Gasteiger partial charge in [0.1, 0.15) is 5.96 Å². The van der Waals surface area contributed by atoms with Gasteiger partial charge in [-0.3, -0.25) is 0 Å². The Hall–Kier alpha value is -2.09. The summed E-state index contributed by atoms with van der Waals surface area (Å²) in [5.41, 5.74) is 0.789. The highest BCUT2D eigenvalue weighted by Crippen LogP contribution is 2.41. The summed E-state index contributed by atoms with van der Waals surface area (Å²) in [4.78, 5) is 5.51. The first-order chi connectivity index (χ1) is 11.7. The number of nitrogens with zero attached hydrogens (tertiary/aromatic N) is 1. The summed E-state index contributed by atoms with van der Waals surface area (Å²) >= 11 is 1.61. The smallest absolute Gasteiger partial charge is 0.190 e. The Balaban J connectivity index is 2.10. The molecule has 3 aromatic rings. The minimum absolute atomic E-state index is 0.738. The predicted molar refractivity (Wildman–Crippen MR) is 105 cm³/mol. The number of hydrogen-bond donors (Lipinski definition) is 0. The SMILES string of the molecule is CSc1ccccc1N=[C]P(=O)(c1ccccc1)c1ccccc1. The van der Waals surface area contributed by atoms with Crippen molar-refractivity contribution in [1.82, 2.24) is 0 Å². The highest BCUT2D eigenvalue weighted by Gasteiger charge is 2.26.